The zero-order valence-electron chi connectivity index (χ0n) is 7.90. The molecule has 0 aliphatic rings. The van der Waals surface area contributed by atoms with Crippen molar-refractivity contribution in [3.8, 4) is 0 Å². The van der Waals surface area contributed by atoms with Gasteiger partial charge in [-0.3, -0.25) is 0 Å². The van der Waals surface area contributed by atoms with Gasteiger partial charge in [-0.1, -0.05) is 0 Å². The molecule has 2 nitrogen and oxygen atoms in total. The number of nitrogens with zero attached hydrogens (tertiary/aromatic N) is 1. The Morgan fingerprint density at radius 1 is 1.00 bits per heavy atom. The molecule has 0 amide bonds. The molecule has 0 fully saturated rings. The van der Waals surface area contributed by atoms with Gasteiger partial charge in [-0.25, -0.2) is 4.98 Å². The first kappa shape index (κ1) is 13.5. The van der Waals surface area contributed by atoms with Gasteiger partial charge in [0.05, 0.1) is 0 Å². The Bertz CT molecular complexity index is 413. The van der Waals surface area contributed by atoms with Crippen LogP contribution in [-0.2, 0) is 5.92 Å². The lowest BCUT2D eigenvalue weighted by Gasteiger charge is -2.28. The van der Waals surface area contributed by atoms with Crippen LogP contribution in [0.3, 0.4) is 0 Å². The first-order chi connectivity index (χ1) is 7.50. The molecule has 0 bridgehead atoms. The van der Waals surface area contributed by atoms with Crippen LogP contribution in [0.5, 0.6) is 0 Å². The fourth-order valence-electron chi connectivity index (χ4n) is 1.00. The van der Waals surface area contributed by atoms with Crippen molar-refractivity contribution in [2.75, 3.05) is 5.73 Å². The Balaban J connectivity index is 3.28. The Kier molecular flexibility index (Phi) is 2.98. The highest BCUT2D eigenvalue weighted by atomic mass is 19.4. The lowest BCUT2D eigenvalue weighted by Crippen LogP contribution is -2.50. The van der Waals surface area contributed by atoms with Gasteiger partial charge in [0, 0.05) is 11.8 Å². The molecule has 0 aromatic carbocycles. The van der Waals surface area contributed by atoms with E-state index < -0.39 is 29.4 Å². The normalized spacial score (nSPS) is 13.8. The highest BCUT2D eigenvalue weighted by Gasteiger charge is 2.73. The minimum absolute atomic E-state index is 0.264. The van der Waals surface area contributed by atoms with Crippen molar-refractivity contribution in [3.63, 3.8) is 0 Å². The summed E-state index contributed by atoms with van der Waals surface area (Å²) in [5.41, 5.74) is 3.39. The van der Waals surface area contributed by atoms with Crippen molar-refractivity contribution in [2.24, 2.45) is 0 Å². The maximum Gasteiger partial charge on any atom is 0.460 e. The SMILES string of the molecule is Nc1cc(C(F)(F)C(F)(F)C(F)(F)F)ccn1. The summed E-state index contributed by atoms with van der Waals surface area (Å²) in [5.74, 6) is -12.2. The van der Waals surface area contributed by atoms with Crippen LogP contribution in [0.25, 0.3) is 0 Å². The smallest absolute Gasteiger partial charge is 0.384 e. The highest BCUT2D eigenvalue weighted by molar-refractivity contribution is 5.35. The molecule has 1 aromatic heterocycles. The molecule has 0 saturated heterocycles. The van der Waals surface area contributed by atoms with E-state index in [-0.39, 0.29) is 6.07 Å². The van der Waals surface area contributed by atoms with Gasteiger partial charge in [0.2, 0.25) is 0 Å². The van der Waals surface area contributed by atoms with E-state index in [4.69, 9.17) is 5.73 Å². The van der Waals surface area contributed by atoms with Gasteiger partial charge in [0.1, 0.15) is 5.82 Å². The summed E-state index contributed by atoms with van der Waals surface area (Å²) in [6.07, 6.45) is -5.75. The maximum absolute atomic E-state index is 13.1. The zero-order chi connectivity index (χ0) is 13.5. The highest BCUT2D eigenvalue weighted by Crippen LogP contribution is 2.51. The van der Waals surface area contributed by atoms with Gasteiger partial charge in [-0.2, -0.15) is 30.7 Å². The molecule has 2 N–H and O–H groups in total. The number of alkyl halides is 7. The standard InChI is InChI=1S/C8H5F7N2/c9-6(10,7(11,12)8(13,14)15)4-1-2-17-5(16)3-4/h1-3H,(H2,16,17). The summed E-state index contributed by atoms with van der Waals surface area (Å²) in [5, 5.41) is 0. The number of anilines is 1. The summed E-state index contributed by atoms with van der Waals surface area (Å²) in [7, 11) is 0. The van der Waals surface area contributed by atoms with Crippen molar-refractivity contribution >= 4 is 5.82 Å². The van der Waals surface area contributed by atoms with Gasteiger partial charge < -0.3 is 5.73 Å². The number of hydrogen-bond acceptors (Lipinski definition) is 2. The number of nitrogen functional groups attached to an aromatic ring is 1. The number of pyridine rings is 1. The van der Waals surface area contributed by atoms with Crippen LogP contribution in [0.15, 0.2) is 18.3 Å². The van der Waals surface area contributed by atoms with Gasteiger partial charge in [0.15, 0.2) is 0 Å². The molecule has 9 heteroatoms. The third kappa shape index (κ3) is 2.13. The molecule has 0 aliphatic heterocycles. The Morgan fingerprint density at radius 2 is 1.53 bits per heavy atom. The molecule has 0 unspecified atom stereocenters. The van der Waals surface area contributed by atoms with Crippen LogP contribution >= 0.6 is 0 Å². The van der Waals surface area contributed by atoms with Crippen LogP contribution in [0.4, 0.5) is 36.6 Å². The average molecular weight is 262 g/mol. The minimum atomic E-state index is -6.37. The molecule has 17 heavy (non-hydrogen) atoms. The first-order valence-electron chi connectivity index (χ1n) is 4.04. The number of nitrogens with two attached hydrogens (primary N) is 1. The third-order valence-electron chi connectivity index (χ3n) is 1.89. The molecular weight excluding hydrogens is 257 g/mol. The van der Waals surface area contributed by atoms with E-state index in [1.807, 2.05) is 0 Å². The van der Waals surface area contributed by atoms with E-state index >= 15 is 0 Å². The lowest BCUT2D eigenvalue weighted by molar-refractivity contribution is -0.359. The Hall–Kier alpha value is -1.54. The average Bonchev–Trinajstić information content (AvgIpc) is 2.15. The third-order valence-corrected chi connectivity index (χ3v) is 1.89. The summed E-state index contributed by atoms with van der Waals surface area (Å²) < 4.78 is 86.8. The van der Waals surface area contributed by atoms with Crippen molar-refractivity contribution in [1.29, 1.82) is 0 Å². The van der Waals surface area contributed by atoms with E-state index in [0.717, 1.165) is 0 Å². The predicted molar refractivity (Wildman–Crippen MR) is 43.5 cm³/mol. The predicted octanol–water partition coefficient (Wildman–Crippen LogP) is 2.95. The molecule has 1 heterocycles. The van der Waals surface area contributed by atoms with Crippen molar-refractivity contribution in [1.82, 2.24) is 4.98 Å². The van der Waals surface area contributed by atoms with E-state index in [1.54, 1.807) is 0 Å². The molecule has 0 atom stereocenters. The maximum atomic E-state index is 13.1. The molecule has 0 spiro atoms. The van der Waals surface area contributed by atoms with Crippen LogP contribution in [-0.4, -0.2) is 17.1 Å². The summed E-state index contributed by atoms with van der Waals surface area (Å²) in [6, 6.07) is 0.607. The summed E-state index contributed by atoms with van der Waals surface area (Å²) in [6.45, 7) is 0. The van der Waals surface area contributed by atoms with Gasteiger partial charge >= 0.3 is 18.0 Å². The second-order valence-corrected chi connectivity index (χ2v) is 3.12. The molecule has 1 rings (SSSR count). The monoisotopic (exact) mass is 262 g/mol. The van der Waals surface area contributed by atoms with Gasteiger partial charge in [0.25, 0.3) is 0 Å². The summed E-state index contributed by atoms with van der Waals surface area (Å²) >= 11 is 0. The Morgan fingerprint density at radius 3 is 1.94 bits per heavy atom. The second-order valence-electron chi connectivity index (χ2n) is 3.12. The van der Waals surface area contributed by atoms with Crippen LogP contribution in [0.1, 0.15) is 5.56 Å². The molecule has 96 valence electrons. The summed E-state index contributed by atoms with van der Waals surface area (Å²) in [4.78, 5) is 3.22. The molecule has 0 aliphatic carbocycles. The number of halogens is 7. The number of hydrogen-bond donors (Lipinski definition) is 1. The van der Waals surface area contributed by atoms with Crippen molar-refractivity contribution in [2.45, 2.75) is 18.0 Å². The van der Waals surface area contributed by atoms with Gasteiger partial charge in [-0.15, -0.1) is 0 Å². The largest absolute Gasteiger partial charge is 0.460 e. The molecule has 0 radical (unpaired) electrons. The molecule has 1 aromatic rings. The van der Waals surface area contributed by atoms with Crippen molar-refractivity contribution < 1.29 is 30.7 Å². The second kappa shape index (κ2) is 3.74. The fraction of sp³-hybridized carbons (Fsp3) is 0.375. The molecular formula is C8H5F7N2. The minimum Gasteiger partial charge on any atom is -0.384 e. The molecule has 0 saturated carbocycles. The van der Waals surface area contributed by atoms with Gasteiger partial charge in [-0.05, 0) is 12.1 Å². The Labute approximate surface area is 90.2 Å². The van der Waals surface area contributed by atoms with Crippen LogP contribution < -0.4 is 5.73 Å². The van der Waals surface area contributed by atoms with E-state index in [1.165, 1.54) is 0 Å². The van der Waals surface area contributed by atoms with E-state index in [2.05, 4.69) is 4.98 Å². The fourth-order valence-corrected chi connectivity index (χ4v) is 1.00. The van der Waals surface area contributed by atoms with E-state index in [0.29, 0.717) is 12.3 Å². The number of rotatable bonds is 2. The zero-order valence-corrected chi connectivity index (χ0v) is 7.90. The lowest BCUT2D eigenvalue weighted by atomic mass is 10.0. The van der Waals surface area contributed by atoms with E-state index in [9.17, 15) is 30.7 Å². The number of aromatic nitrogens is 1. The van der Waals surface area contributed by atoms with Crippen molar-refractivity contribution in [3.05, 3.63) is 23.9 Å². The van der Waals surface area contributed by atoms with Crippen LogP contribution in [0.2, 0.25) is 0 Å². The first-order valence-corrected chi connectivity index (χ1v) is 4.04. The topological polar surface area (TPSA) is 38.9 Å². The quantitative estimate of drug-likeness (QED) is 0.832. The van der Waals surface area contributed by atoms with Crippen LogP contribution in [0, 0.1) is 0 Å².